The van der Waals surface area contributed by atoms with Crippen LogP contribution >= 0.6 is 0 Å². The van der Waals surface area contributed by atoms with Gasteiger partial charge in [0.1, 0.15) is 29.3 Å². The molecule has 4 heterocycles. The summed E-state index contributed by atoms with van der Waals surface area (Å²) in [6.07, 6.45) is 4.46. The number of aryl methyl sites for hydroxylation is 3. The zero-order valence-corrected chi connectivity index (χ0v) is 18.2. The lowest BCUT2D eigenvalue weighted by atomic mass is 9.95. The molecule has 5 rings (SSSR count). The molecule has 0 amide bonds. The molecule has 2 fully saturated rings. The van der Waals surface area contributed by atoms with Crippen molar-refractivity contribution >= 4 is 17.5 Å². The van der Waals surface area contributed by atoms with Crippen LogP contribution < -0.4 is 14.7 Å². The summed E-state index contributed by atoms with van der Waals surface area (Å²) < 4.78 is 5.48. The minimum absolute atomic E-state index is 0.710. The molecule has 31 heavy (non-hydrogen) atoms. The van der Waals surface area contributed by atoms with Gasteiger partial charge in [0.15, 0.2) is 0 Å². The van der Waals surface area contributed by atoms with E-state index < -0.39 is 0 Å². The third kappa shape index (κ3) is 4.15. The summed E-state index contributed by atoms with van der Waals surface area (Å²) in [4.78, 5) is 21.2. The van der Waals surface area contributed by atoms with Crippen molar-refractivity contribution in [3.63, 3.8) is 0 Å². The summed E-state index contributed by atoms with van der Waals surface area (Å²) in [5.74, 6) is 3.61. The Balaban J connectivity index is 1.32. The Bertz CT molecular complexity index is 988. The third-order valence-corrected chi connectivity index (χ3v) is 6.45. The molecule has 0 N–H and O–H groups in total. The fourth-order valence-electron chi connectivity index (χ4n) is 4.75. The molecule has 0 aromatic carbocycles. The number of ether oxygens (including phenoxy) is 1. The van der Waals surface area contributed by atoms with Crippen LogP contribution in [0.25, 0.3) is 0 Å². The molecule has 162 valence electrons. The van der Waals surface area contributed by atoms with Crippen molar-refractivity contribution < 1.29 is 4.74 Å². The van der Waals surface area contributed by atoms with Crippen LogP contribution in [0.5, 0.6) is 0 Å². The van der Waals surface area contributed by atoms with Gasteiger partial charge in [-0.05, 0) is 44.2 Å². The number of pyridine rings is 1. The summed E-state index contributed by atoms with van der Waals surface area (Å²) in [6.45, 7) is 8.53. The van der Waals surface area contributed by atoms with Crippen LogP contribution in [0.2, 0.25) is 0 Å². The zero-order valence-electron chi connectivity index (χ0n) is 18.2. The third-order valence-electron chi connectivity index (χ3n) is 6.45. The van der Waals surface area contributed by atoms with Gasteiger partial charge in [-0.3, -0.25) is 0 Å². The molecule has 8 nitrogen and oxygen atoms in total. The lowest BCUT2D eigenvalue weighted by Crippen LogP contribution is -2.47. The van der Waals surface area contributed by atoms with Gasteiger partial charge >= 0.3 is 0 Å². The first-order valence-corrected chi connectivity index (χ1v) is 11.3. The number of nitriles is 1. The first-order valence-electron chi connectivity index (χ1n) is 11.3. The second-order valence-electron chi connectivity index (χ2n) is 8.49. The van der Waals surface area contributed by atoms with Crippen molar-refractivity contribution in [1.29, 1.82) is 5.26 Å². The summed E-state index contributed by atoms with van der Waals surface area (Å²) in [5.41, 5.74) is 3.16. The second-order valence-corrected chi connectivity index (χ2v) is 8.49. The van der Waals surface area contributed by atoms with E-state index in [0.717, 1.165) is 88.6 Å². The van der Waals surface area contributed by atoms with E-state index >= 15 is 0 Å². The van der Waals surface area contributed by atoms with Gasteiger partial charge in [0, 0.05) is 51.0 Å². The summed E-state index contributed by atoms with van der Waals surface area (Å²) >= 11 is 0. The molecule has 2 saturated heterocycles. The number of aromatic nitrogens is 3. The number of fused-ring (bicyclic) bond motifs is 1. The fraction of sp³-hybridized carbons (Fsp3) is 0.565. The Morgan fingerprint density at radius 2 is 1.48 bits per heavy atom. The first-order chi connectivity index (χ1) is 15.2. The van der Waals surface area contributed by atoms with Crippen LogP contribution in [-0.4, -0.2) is 67.4 Å². The van der Waals surface area contributed by atoms with Gasteiger partial charge in [-0.1, -0.05) is 0 Å². The quantitative estimate of drug-likeness (QED) is 0.748. The molecule has 0 unspecified atom stereocenters. The molecular formula is C23H29N7O. The number of hydrogen-bond donors (Lipinski definition) is 0. The Labute approximate surface area is 183 Å². The molecule has 2 aromatic heterocycles. The van der Waals surface area contributed by atoms with Gasteiger partial charge in [0.05, 0.1) is 18.8 Å². The maximum atomic E-state index is 9.71. The first kappa shape index (κ1) is 20.0. The Morgan fingerprint density at radius 3 is 2.19 bits per heavy atom. The molecule has 0 atom stereocenters. The molecule has 0 spiro atoms. The molecule has 0 bridgehead atoms. The average Bonchev–Trinajstić information content (AvgIpc) is 2.83. The highest BCUT2D eigenvalue weighted by Gasteiger charge is 2.25. The monoisotopic (exact) mass is 419 g/mol. The number of anilines is 3. The molecule has 2 aliphatic heterocycles. The molecular weight excluding hydrogens is 390 g/mol. The number of rotatable bonds is 3. The summed E-state index contributed by atoms with van der Waals surface area (Å²) in [5, 5.41) is 9.71. The van der Waals surface area contributed by atoms with E-state index in [1.54, 1.807) is 0 Å². The van der Waals surface area contributed by atoms with Crippen LogP contribution in [-0.2, 0) is 17.6 Å². The van der Waals surface area contributed by atoms with Crippen LogP contribution in [0, 0.1) is 18.3 Å². The molecule has 3 aliphatic rings. The van der Waals surface area contributed by atoms with Crippen molar-refractivity contribution in [2.75, 3.05) is 67.2 Å². The Hall–Kier alpha value is -2.92. The van der Waals surface area contributed by atoms with E-state index in [1.807, 2.05) is 6.92 Å². The standard InChI is InChI=1S/C23H29N7O/c1-17-25-21(15-22(26-17)29-10-12-31-13-11-29)28-6-8-30(9-7-28)23-19(16-24)14-18-4-2-3-5-20(18)27-23/h14-15H,2-13H2,1H3. The second kappa shape index (κ2) is 8.67. The van der Waals surface area contributed by atoms with E-state index in [9.17, 15) is 5.26 Å². The van der Waals surface area contributed by atoms with Crippen LogP contribution in [0.1, 0.15) is 35.5 Å². The maximum absolute atomic E-state index is 9.71. The van der Waals surface area contributed by atoms with Gasteiger partial charge in [0.25, 0.3) is 0 Å². The van der Waals surface area contributed by atoms with E-state index in [4.69, 9.17) is 14.7 Å². The van der Waals surface area contributed by atoms with Crippen molar-refractivity contribution in [2.24, 2.45) is 0 Å². The van der Waals surface area contributed by atoms with Crippen molar-refractivity contribution in [2.45, 2.75) is 32.6 Å². The van der Waals surface area contributed by atoms with Gasteiger partial charge in [-0.25, -0.2) is 15.0 Å². The number of piperazine rings is 1. The van der Waals surface area contributed by atoms with Gasteiger partial charge < -0.3 is 19.4 Å². The maximum Gasteiger partial charge on any atom is 0.146 e. The highest BCUT2D eigenvalue weighted by molar-refractivity contribution is 5.58. The predicted molar refractivity (Wildman–Crippen MR) is 120 cm³/mol. The van der Waals surface area contributed by atoms with Gasteiger partial charge in [-0.15, -0.1) is 0 Å². The van der Waals surface area contributed by atoms with E-state index in [1.165, 1.54) is 24.1 Å². The lowest BCUT2D eigenvalue weighted by Gasteiger charge is -2.37. The lowest BCUT2D eigenvalue weighted by molar-refractivity contribution is 0.122. The van der Waals surface area contributed by atoms with Crippen molar-refractivity contribution in [3.8, 4) is 6.07 Å². The highest BCUT2D eigenvalue weighted by Crippen LogP contribution is 2.28. The molecule has 1 aliphatic carbocycles. The van der Waals surface area contributed by atoms with E-state index in [2.05, 4.69) is 37.9 Å². The smallest absolute Gasteiger partial charge is 0.146 e. The SMILES string of the molecule is Cc1nc(N2CCOCC2)cc(N2CCN(c3nc4c(cc3C#N)CCCC4)CC2)n1. The minimum atomic E-state index is 0.710. The van der Waals surface area contributed by atoms with Gasteiger partial charge in [0.2, 0.25) is 0 Å². The van der Waals surface area contributed by atoms with Crippen LogP contribution in [0.3, 0.4) is 0 Å². The van der Waals surface area contributed by atoms with Gasteiger partial charge in [-0.2, -0.15) is 5.26 Å². The van der Waals surface area contributed by atoms with Crippen LogP contribution in [0.4, 0.5) is 17.5 Å². The van der Waals surface area contributed by atoms with Crippen molar-refractivity contribution in [1.82, 2.24) is 15.0 Å². The molecule has 0 radical (unpaired) electrons. The minimum Gasteiger partial charge on any atom is -0.378 e. The molecule has 8 heteroatoms. The summed E-state index contributed by atoms with van der Waals surface area (Å²) in [6, 6.07) is 6.56. The van der Waals surface area contributed by atoms with E-state index in [-0.39, 0.29) is 0 Å². The van der Waals surface area contributed by atoms with Crippen LogP contribution in [0.15, 0.2) is 12.1 Å². The number of nitrogens with zero attached hydrogens (tertiary/aromatic N) is 7. The normalized spacial score (nSPS) is 19.2. The Kier molecular flexibility index (Phi) is 5.60. The number of morpholine rings is 1. The zero-order chi connectivity index (χ0) is 21.2. The Morgan fingerprint density at radius 1 is 0.839 bits per heavy atom. The highest BCUT2D eigenvalue weighted by atomic mass is 16.5. The average molecular weight is 420 g/mol. The molecule has 0 saturated carbocycles. The fourth-order valence-corrected chi connectivity index (χ4v) is 4.75. The largest absolute Gasteiger partial charge is 0.378 e. The number of hydrogen-bond acceptors (Lipinski definition) is 8. The van der Waals surface area contributed by atoms with E-state index in [0.29, 0.717) is 5.56 Å². The summed E-state index contributed by atoms with van der Waals surface area (Å²) in [7, 11) is 0. The topological polar surface area (TPSA) is 81.4 Å². The predicted octanol–water partition coefficient (Wildman–Crippen LogP) is 2.09. The van der Waals surface area contributed by atoms with Crippen molar-refractivity contribution in [3.05, 3.63) is 34.8 Å². The molecule has 2 aromatic rings.